The smallest absolute Gasteiger partial charge is 0.234 e. The number of hydrogen-bond acceptors (Lipinski definition) is 4. The van der Waals surface area contributed by atoms with Gasteiger partial charge in [0.2, 0.25) is 5.91 Å². The fourth-order valence-electron chi connectivity index (χ4n) is 1.22. The predicted octanol–water partition coefficient (Wildman–Crippen LogP) is 2.84. The lowest BCUT2D eigenvalue weighted by molar-refractivity contribution is -0.113. The Morgan fingerprint density at radius 2 is 2.06 bits per heavy atom. The maximum Gasteiger partial charge on any atom is 0.234 e. The van der Waals surface area contributed by atoms with Crippen LogP contribution in [0.4, 0.5) is 5.69 Å². The van der Waals surface area contributed by atoms with Crippen molar-refractivity contribution in [3.8, 4) is 0 Å². The van der Waals surface area contributed by atoms with Crippen LogP contribution in [0, 0.1) is 0 Å². The van der Waals surface area contributed by atoms with Gasteiger partial charge in [-0.3, -0.25) is 9.89 Å². The fourth-order valence-corrected chi connectivity index (χ4v) is 2.33. The molecule has 0 fully saturated rings. The van der Waals surface area contributed by atoms with Gasteiger partial charge in [-0.2, -0.15) is 5.10 Å². The zero-order chi connectivity index (χ0) is 13.0. The number of amides is 1. The van der Waals surface area contributed by atoms with E-state index in [1.165, 1.54) is 18.1 Å². The Morgan fingerprint density at radius 1 is 1.33 bits per heavy atom. The second-order valence-corrected chi connectivity index (χ2v) is 5.12. The van der Waals surface area contributed by atoms with E-state index in [4.69, 9.17) is 23.2 Å². The number of aromatic nitrogens is 3. The first kappa shape index (κ1) is 13.2. The number of nitrogens with zero attached hydrogens (tertiary/aromatic N) is 2. The molecule has 1 amide bonds. The molecule has 0 unspecified atom stereocenters. The second kappa shape index (κ2) is 6.08. The summed E-state index contributed by atoms with van der Waals surface area (Å²) in [5, 5.41) is 10.6. The lowest BCUT2D eigenvalue weighted by Gasteiger charge is -2.05. The quantitative estimate of drug-likeness (QED) is 0.852. The average molecular weight is 303 g/mol. The highest BCUT2D eigenvalue weighted by molar-refractivity contribution is 7.99. The summed E-state index contributed by atoms with van der Waals surface area (Å²) >= 11 is 12.9. The maximum atomic E-state index is 11.7. The van der Waals surface area contributed by atoms with Crippen LogP contribution >= 0.6 is 35.0 Å². The third kappa shape index (κ3) is 3.90. The monoisotopic (exact) mass is 302 g/mol. The van der Waals surface area contributed by atoms with Crippen molar-refractivity contribution in [3.63, 3.8) is 0 Å². The molecule has 0 aliphatic rings. The van der Waals surface area contributed by atoms with Gasteiger partial charge in [0.15, 0.2) is 5.16 Å². The summed E-state index contributed by atoms with van der Waals surface area (Å²) in [6.45, 7) is 0. The first-order valence-corrected chi connectivity index (χ1v) is 6.62. The Morgan fingerprint density at radius 3 is 2.67 bits per heavy atom. The molecule has 0 spiro atoms. The van der Waals surface area contributed by atoms with Crippen LogP contribution in [0.2, 0.25) is 10.0 Å². The Kier molecular flexibility index (Phi) is 4.46. The van der Waals surface area contributed by atoms with E-state index < -0.39 is 0 Å². The highest BCUT2D eigenvalue weighted by Crippen LogP contribution is 2.22. The molecule has 0 aliphatic heterocycles. The standard InChI is InChI=1S/C10H8Cl2N4OS/c11-6-1-7(12)3-8(2-6)15-9(17)4-18-10-13-5-14-16-10/h1-3,5H,4H2,(H,15,17)(H,13,14,16). The molecule has 18 heavy (non-hydrogen) atoms. The number of anilines is 1. The highest BCUT2D eigenvalue weighted by atomic mass is 35.5. The van der Waals surface area contributed by atoms with Crippen molar-refractivity contribution in [2.45, 2.75) is 5.16 Å². The number of benzene rings is 1. The van der Waals surface area contributed by atoms with Gasteiger partial charge < -0.3 is 5.32 Å². The van der Waals surface area contributed by atoms with Crippen LogP contribution in [0.25, 0.3) is 0 Å². The Balaban J connectivity index is 1.90. The van der Waals surface area contributed by atoms with E-state index in [1.54, 1.807) is 18.2 Å². The molecule has 1 aromatic carbocycles. The minimum Gasteiger partial charge on any atom is -0.325 e. The Bertz CT molecular complexity index is 527. The van der Waals surface area contributed by atoms with Gasteiger partial charge in [-0.15, -0.1) is 0 Å². The van der Waals surface area contributed by atoms with Crippen molar-refractivity contribution in [1.82, 2.24) is 15.2 Å². The van der Waals surface area contributed by atoms with Crippen LogP contribution in [0.3, 0.4) is 0 Å². The normalized spacial score (nSPS) is 10.3. The molecule has 5 nitrogen and oxygen atoms in total. The average Bonchev–Trinajstić information content (AvgIpc) is 2.77. The Labute approximate surface area is 117 Å². The molecular weight excluding hydrogens is 295 g/mol. The van der Waals surface area contributed by atoms with Gasteiger partial charge in [-0.1, -0.05) is 35.0 Å². The fraction of sp³-hybridized carbons (Fsp3) is 0.100. The third-order valence-electron chi connectivity index (χ3n) is 1.88. The SMILES string of the molecule is O=C(CSc1ncn[nH]1)Nc1cc(Cl)cc(Cl)c1. The van der Waals surface area contributed by atoms with Gasteiger partial charge in [-0.25, -0.2) is 4.98 Å². The van der Waals surface area contributed by atoms with E-state index in [9.17, 15) is 4.79 Å². The van der Waals surface area contributed by atoms with Crippen molar-refractivity contribution in [3.05, 3.63) is 34.6 Å². The predicted molar refractivity (Wildman–Crippen MR) is 72.2 cm³/mol. The summed E-state index contributed by atoms with van der Waals surface area (Å²) in [6.07, 6.45) is 1.39. The van der Waals surface area contributed by atoms with Crippen LogP contribution in [-0.4, -0.2) is 26.8 Å². The van der Waals surface area contributed by atoms with Crippen molar-refractivity contribution in [2.24, 2.45) is 0 Å². The molecule has 94 valence electrons. The van der Waals surface area contributed by atoms with Gasteiger partial charge >= 0.3 is 0 Å². The molecule has 0 atom stereocenters. The number of thioether (sulfide) groups is 1. The molecule has 2 N–H and O–H groups in total. The van der Waals surface area contributed by atoms with Gasteiger partial charge in [0.25, 0.3) is 0 Å². The number of halogens is 2. The summed E-state index contributed by atoms with van der Waals surface area (Å²) in [7, 11) is 0. The summed E-state index contributed by atoms with van der Waals surface area (Å²) < 4.78 is 0. The van der Waals surface area contributed by atoms with Gasteiger partial charge in [0.05, 0.1) is 5.75 Å². The van der Waals surface area contributed by atoms with Crippen LogP contribution < -0.4 is 5.32 Å². The number of hydrogen-bond donors (Lipinski definition) is 2. The van der Waals surface area contributed by atoms with Gasteiger partial charge in [-0.05, 0) is 18.2 Å². The zero-order valence-electron chi connectivity index (χ0n) is 8.98. The number of H-pyrrole nitrogens is 1. The lowest BCUT2D eigenvalue weighted by atomic mass is 10.3. The summed E-state index contributed by atoms with van der Waals surface area (Å²) in [6, 6.07) is 4.86. The molecule has 0 bridgehead atoms. The molecule has 0 saturated carbocycles. The zero-order valence-corrected chi connectivity index (χ0v) is 11.3. The molecule has 1 heterocycles. The molecule has 2 rings (SSSR count). The van der Waals surface area contributed by atoms with Crippen LogP contribution in [0.1, 0.15) is 0 Å². The number of carbonyl (C=O) groups is 1. The Hall–Kier alpha value is -1.24. The number of carbonyl (C=O) groups excluding carboxylic acids is 1. The van der Waals surface area contributed by atoms with Crippen molar-refractivity contribution in [1.29, 1.82) is 0 Å². The second-order valence-electron chi connectivity index (χ2n) is 3.29. The molecule has 0 saturated heterocycles. The topological polar surface area (TPSA) is 70.7 Å². The molecule has 1 aromatic heterocycles. The molecular formula is C10H8Cl2N4OS. The number of aromatic amines is 1. The van der Waals surface area contributed by atoms with Gasteiger partial charge in [0.1, 0.15) is 6.33 Å². The van der Waals surface area contributed by atoms with Crippen molar-refractivity contribution < 1.29 is 4.79 Å². The first-order chi connectivity index (χ1) is 8.63. The van der Waals surface area contributed by atoms with Gasteiger partial charge in [0, 0.05) is 15.7 Å². The third-order valence-corrected chi connectivity index (χ3v) is 3.19. The van der Waals surface area contributed by atoms with E-state index >= 15 is 0 Å². The largest absolute Gasteiger partial charge is 0.325 e. The van der Waals surface area contributed by atoms with Crippen LogP contribution in [-0.2, 0) is 4.79 Å². The number of rotatable bonds is 4. The van der Waals surface area contributed by atoms with E-state index in [1.807, 2.05) is 0 Å². The molecule has 0 radical (unpaired) electrons. The molecule has 2 aromatic rings. The van der Waals surface area contributed by atoms with Crippen LogP contribution in [0.5, 0.6) is 0 Å². The minimum atomic E-state index is -0.172. The summed E-state index contributed by atoms with van der Waals surface area (Å²) in [5.41, 5.74) is 0.565. The minimum absolute atomic E-state index is 0.172. The van der Waals surface area contributed by atoms with E-state index in [0.29, 0.717) is 20.9 Å². The van der Waals surface area contributed by atoms with Crippen molar-refractivity contribution in [2.75, 3.05) is 11.1 Å². The number of nitrogens with one attached hydrogen (secondary N) is 2. The van der Waals surface area contributed by atoms with E-state index in [2.05, 4.69) is 20.5 Å². The van der Waals surface area contributed by atoms with E-state index in [0.717, 1.165) is 0 Å². The van der Waals surface area contributed by atoms with Crippen molar-refractivity contribution >= 4 is 46.6 Å². The summed E-state index contributed by atoms with van der Waals surface area (Å²) in [5.74, 6) is 0.0500. The maximum absolute atomic E-state index is 11.7. The lowest BCUT2D eigenvalue weighted by Crippen LogP contribution is -2.14. The first-order valence-electron chi connectivity index (χ1n) is 4.87. The molecule has 0 aliphatic carbocycles. The highest BCUT2D eigenvalue weighted by Gasteiger charge is 2.06. The summed E-state index contributed by atoms with van der Waals surface area (Å²) in [4.78, 5) is 15.5. The van der Waals surface area contributed by atoms with E-state index in [-0.39, 0.29) is 11.7 Å². The molecule has 8 heteroatoms. The van der Waals surface area contributed by atoms with Crippen LogP contribution in [0.15, 0.2) is 29.7 Å².